The molecule has 9 aromatic rings. The minimum atomic E-state index is -2.20. The second-order valence-corrected chi connectivity index (χ2v) is 20.2. The van der Waals surface area contributed by atoms with Crippen molar-refractivity contribution in [3.05, 3.63) is 192 Å². The molecule has 7 aromatic carbocycles. The number of hydrogen-bond acceptors (Lipinski definition) is 3. The van der Waals surface area contributed by atoms with Crippen LogP contribution >= 0.6 is 0 Å². The maximum Gasteiger partial charge on any atom is 0.148 e. The predicted octanol–water partition coefficient (Wildman–Crippen LogP) is 17.1. The van der Waals surface area contributed by atoms with Crippen LogP contribution in [-0.4, -0.2) is 19.6 Å². The summed E-state index contributed by atoms with van der Waals surface area (Å²) in [4.78, 5) is 10.4. The minimum absolute atomic E-state index is 0. The van der Waals surface area contributed by atoms with Crippen LogP contribution in [0.2, 0.25) is 0 Å². The Morgan fingerprint density at radius 2 is 1.24 bits per heavy atom. The molecule has 0 radical (unpaired) electrons. The van der Waals surface area contributed by atoms with Gasteiger partial charge in [-0.3, -0.25) is 9.55 Å². The molecule has 0 bridgehead atoms. The third kappa shape index (κ3) is 9.41. The van der Waals surface area contributed by atoms with E-state index < -0.39 is 18.6 Å². The molecule has 9 rings (SSSR count). The van der Waals surface area contributed by atoms with E-state index in [-0.39, 0.29) is 43.2 Å². The SMILES string of the molecule is [2H]C([2H])([2H])c1ccc(-c2ccnc(-c3[c-]c(-c4cccc5c4nc(-c4cc(C(C)(C)C)cc(C(C)(C)C)c4O)n5-c4ccc(-c5c(C([2H])(C)C)cccc5C([2H])(C)C)cc4)cc(-c4ccccc4)c3)c2)cc1.[Pt]. The second-order valence-electron chi connectivity index (χ2n) is 20.2. The van der Waals surface area contributed by atoms with Crippen LogP contribution in [0.15, 0.2) is 158 Å². The number of phenolic OH excluding ortho intramolecular Hbond substituents is 1. The molecular formula is C63H62N3OPt-. The van der Waals surface area contributed by atoms with Crippen molar-refractivity contribution in [2.75, 3.05) is 0 Å². The number of aromatic nitrogens is 3. The van der Waals surface area contributed by atoms with Crippen LogP contribution in [0.25, 0.3) is 83.9 Å². The van der Waals surface area contributed by atoms with Gasteiger partial charge in [-0.25, -0.2) is 4.98 Å². The van der Waals surface area contributed by atoms with E-state index in [0.29, 0.717) is 17.1 Å². The zero-order chi connectivity index (χ0) is 51.7. The van der Waals surface area contributed by atoms with Crippen molar-refractivity contribution in [1.82, 2.24) is 14.5 Å². The molecule has 0 atom stereocenters. The van der Waals surface area contributed by atoms with Gasteiger partial charge in [0.05, 0.1) is 16.6 Å². The van der Waals surface area contributed by atoms with Crippen molar-refractivity contribution in [3.8, 4) is 78.6 Å². The Bertz CT molecular complexity index is 3450. The molecule has 2 aromatic heterocycles. The Kier molecular flexibility index (Phi) is 11.7. The standard InChI is InChI=1S/C63H62N3O.Pt/c1-39(2)51-19-15-20-52(40(3)4)58(51)44-27-29-50(30-28-44)66-57-22-16-21-53(59(57)65-61(66)54-37-49(62(6,7)8)38-55(60(54)67)63(9,10)11)47-33-46(42-17-13-12-14-18-42)34-48(35-47)56-36-45(31-32-64-56)43-25-23-41(5)24-26-43;/h12-34,36-40,67H,1-11H3;/q-1;/i5D3,39D,40D;. The first kappa shape index (κ1) is 41.8. The Balaban J connectivity index is 0.00000711. The van der Waals surface area contributed by atoms with Gasteiger partial charge in [0.1, 0.15) is 11.6 Å². The van der Waals surface area contributed by atoms with Gasteiger partial charge in [-0.2, -0.15) is 0 Å². The summed E-state index contributed by atoms with van der Waals surface area (Å²) in [5.41, 5.74) is 15.0. The number of para-hydroxylation sites is 1. The maximum atomic E-state index is 12.5. The Labute approximate surface area is 425 Å². The first-order chi connectivity index (χ1) is 33.8. The van der Waals surface area contributed by atoms with Gasteiger partial charge in [-0.1, -0.05) is 201 Å². The quantitative estimate of drug-likeness (QED) is 0.147. The number of imidazole rings is 1. The molecule has 0 unspecified atom stereocenters. The van der Waals surface area contributed by atoms with Crippen molar-refractivity contribution in [2.45, 2.75) is 98.7 Å². The van der Waals surface area contributed by atoms with Crippen LogP contribution in [0.1, 0.15) is 116 Å². The summed E-state index contributed by atoms with van der Waals surface area (Å²) in [5.74, 6) is -1.07. The normalized spacial score (nSPS) is 13.5. The van der Waals surface area contributed by atoms with Crippen LogP contribution < -0.4 is 0 Å². The van der Waals surface area contributed by atoms with Gasteiger partial charge in [0.2, 0.25) is 0 Å². The molecule has 0 aliphatic heterocycles. The molecule has 0 aliphatic carbocycles. The molecule has 0 fully saturated rings. The van der Waals surface area contributed by atoms with Crippen molar-refractivity contribution in [1.29, 1.82) is 0 Å². The Morgan fingerprint density at radius 3 is 1.87 bits per heavy atom. The fourth-order valence-corrected chi connectivity index (χ4v) is 9.11. The molecule has 1 N–H and O–H groups in total. The molecule has 0 saturated heterocycles. The van der Waals surface area contributed by atoms with Crippen LogP contribution in [0.5, 0.6) is 5.75 Å². The number of pyridine rings is 1. The molecule has 0 aliphatic rings. The van der Waals surface area contributed by atoms with Gasteiger partial charge in [0.15, 0.2) is 0 Å². The van der Waals surface area contributed by atoms with E-state index in [1.54, 1.807) is 18.3 Å². The molecular weight excluding hydrogens is 1010 g/mol. The number of benzene rings is 7. The molecule has 5 heteroatoms. The fourth-order valence-electron chi connectivity index (χ4n) is 9.11. The van der Waals surface area contributed by atoms with E-state index in [1.807, 2.05) is 94.4 Å². The largest absolute Gasteiger partial charge is 0.507 e. The number of nitrogens with zero attached hydrogens (tertiary/aromatic N) is 3. The summed E-state index contributed by atoms with van der Waals surface area (Å²) in [6, 6.07) is 53.8. The maximum absolute atomic E-state index is 12.5. The van der Waals surface area contributed by atoms with Crippen LogP contribution in [-0.2, 0) is 31.9 Å². The van der Waals surface area contributed by atoms with Crippen molar-refractivity contribution in [3.63, 3.8) is 0 Å². The zero-order valence-electron chi connectivity index (χ0n) is 45.6. The van der Waals surface area contributed by atoms with Gasteiger partial charge in [0, 0.05) is 51.1 Å². The zero-order valence-corrected chi connectivity index (χ0v) is 42.9. The topological polar surface area (TPSA) is 50.9 Å². The number of phenols is 1. The van der Waals surface area contributed by atoms with Crippen molar-refractivity contribution < 1.29 is 33.0 Å². The first-order valence-corrected chi connectivity index (χ1v) is 23.1. The average molecular weight is 1080 g/mol. The van der Waals surface area contributed by atoms with E-state index in [1.165, 1.54) is 0 Å². The van der Waals surface area contributed by atoms with Crippen molar-refractivity contribution in [2.24, 2.45) is 0 Å². The number of aromatic hydroxyl groups is 1. The summed E-state index contributed by atoms with van der Waals surface area (Å²) in [7, 11) is 0. The molecule has 0 spiro atoms. The van der Waals surface area contributed by atoms with Gasteiger partial charge >= 0.3 is 0 Å². The van der Waals surface area contributed by atoms with Crippen LogP contribution in [0, 0.1) is 12.9 Å². The van der Waals surface area contributed by atoms with Crippen molar-refractivity contribution >= 4 is 11.0 Å². The van der Waals surface area contributed by atoms with E-state index in [9.17, 15) is 5.11 Å². The molecule has 0 saturated carbocycles. The summed E-state index contributed by atoms with van der Waals surface area (Å²) in [6.45, 7) is 18.3. The van der Waals surface area contributed by atoms with E-state index in [0.717, 1.165) is 89.0 Å². The van der Waals surface area contributed by atoms with E-state index in [2.05, 4.69) is 125 Å². The first-order valence-electron chi connectivity index (χ1n) is 25.6. The van der Waals surface area contributed by atoms with E-state index >= 15 is 0 Å². The fraction of sp³-hybridized carbons (Fsp3) is 0.238. The number of rotatable bonds is 9. The minimum Gasteiger partial charge on any atom is -0.507 e. The third-order valence-electron chi connectivity index (χ3n) is 12.8. The molecule has 0 amide bonds. The van der Waals surface area contributed by atoms with Gasteiger partial charge < -0.3 is 5.11 Å². The summed E-state index contributed by atoms with van der Waals surface area (Å²) < 4.78 is 44.0. The average Bonchev–Trinajstić information content (AvgIpc) is 3.72. The second kappa shape index (κ2) is 19.0. The van der Waals surface area contributed by atoms with Crippen LogP contribution in [0.4, 0.5) is 0 Å². The summed E-state index contributed by atoms with van der Waals surface area (Å²) in [6.07, 6.45) is 1.77. The summed E-state index contributed by atoms with van der Waals surface area (Å²) >= 11 is 0. The van der Waals surface area contributed by atoms with Gasteiger partial charge in [-0.15, -0.1) is 23.8 Å². The number of aryl methyl sites for hydroxylation is 1. The smallest absolute Gasteiger partial charge is 0.148 e. The monoisotopic (exact) mass is 1080 g/mol. The number of fused-ring (bicyclic) bond motifs is 1. The molecule has 4 nitrogen and oxygen atoms in total. The molecule has 346 valence electrons. The van der Waals surface area contributed by atoms with Gasteiger partial charge in [-0.05, 0) is 104 Å². The predicted molar refractivity (Wildman–Crippen MR) is 282 cm³/mol. The molecule has 68 heavy (non-hydrogen) atoms. The summed E-state index contributed by atoms with van der Waals surface area (Å²) in [5, 5.41) is 12.5. The van der Waals surface area contributed by atoms with E-state index in [4.69, 9.17) is 16.8 Å². The van der Waals surface area contributed by atoms with Gasteiger partial charge in [0.25, 0.3) is 0 Å². The number of hydrogen-bond donors (Lipinski definition) is 1. The molecule has 2 heterocycles. The third-order valence-corrected chi connectivity index (χ3v) is 12.8. The van der Waals surface area contributed by atoms with Crippen LogP contribution in [0.3, 0.4) is 0 Å². The Hall–Kier alpha value is -6.35. The Morgan fingerprint density at radius 1 is 0.603 bits per heavy atom.